The summed E-state index contributed by atoms with van der Waals surface area (Å²) in [6.45, 7) is 9.29. The van der Waals surface area contributed by atoms with E-state index in [-0.39, 0.29) is 0 Å². The van der Waals surface area contributed by atoms with Gasteiger partial charge in [-0.2, -0.15) is 0 Å². The molecule has 0 amide bonds. The number of halogens is 1. The third kappa shape index (κ3) is 5.37. The Morgan fingerprint density at radius 1 is 1.47 bits per heavy atom. The van der Waals surface area contributed by atoms with E-state index in [2.05, 4.69) is 53.8 Å². The van der Waals surface area contributed by atoms with E-state index in [9.17, 15) is 0 Å². The quantitative estimate of drug-likeness (QED) is 0.689. The van der Waals surface area contributed by atoms with E-state index in [1.54, 1.807) is 7.11 Å². The van der Waals surface area contributed by atoms with Crippen LogP contribution in [0, 0.1) is 0 Å². The van der Waals surface area contributed by atoms with Crippen LogP contribution in [0.1, 0.15) is 44.7 Å². The number of allylic oxidation sites excluding steroid dienone is 1. The zero-order valence-electron chi connectivity index (χ0n) is 12.1. The third-order valence-corrected chi connectivity index (χ3v) is 3.70. The van der Waals surface area contributed by atoms with Gasteiger partial charge in [-0.1, -0.05) is 18.6 Å². The molecule has 0 aliphatic heterocycles. The molecule has 0 fully saturated rings. The van der Waals surface area contributed by atoms with Gasteiger partial charge in [0.15, 0.2) is 0 Å². The molecule has 1 aromatic carbocycles. The number of ether oxygens (including phenoxy) is 1. The Balaban J connectivity index is 2.83. The Labute approximate surface area is 125 Å². The van der Waals surface area contributed by atoms with Crippen molar-refractivity contribution in [3.63, 3.8) is 0 Å². The minimum Gasteiger partial charge on any atom is -0.496 e. The average Bonchev–Trinajstić information content (AvgIpc) is 2.38. The highest BCUT2D eigenvalue weighted by molar-refractivity contribution is 9.10. The first-order valence-corrected chi connectivity index (χ1v) is 7.59. The molecule has 1 rings (SSSR count). The Kier molecular flexibility index (Phi) is 7.17. The topological polar surface area (TPSA) is 21.3 Å². The van der Waals surface area contributed by atoms with Gasteiger partial charge in [-0.15, -0.1) is 6.58 Å². The lowest BCUT2D eigenvalue weighted by Crippen LogP contribution is -2.22. The van der Waals surface area contributed by atoms with Gasteiger partial charge in [0.05, 0.1) is 11.6 Å². The van der Waals surface area contributed by atoms with Crippen molar-refractivity contribution in [2.75, 3.05) is 13.7 Å². The Morgan fingerprint density at radius 3 is 2.74 bits per heavy atom. The van der Waals surface area contributed by atoms with Crippen molar-refractivity contribution in [3.8, 4) is 5.75 Å². The van der Waals surface area contributed by atoms with Crippen LogP contribution in [0.2, 0.25) is 0 Å². The van der Waals surface area contributed by atoms with Crippen molar-refractivity contribution in [1.29, 1.82) is 0 Å². The molecule has 1 atom stereocenters. The Hall–Kier alpha value is -0.800. The molecule has 19 heavy (non-hydrogen) atoms. The van der Waals surface area contributed by atoms with Crippen molar-refractivity contribution < 1.29 is 4.74 Å². The number of benzene rings is 1. The van der Waals surface area contributed by atoms with Gasteiger partial charge in [0.25, 0.3) is 0 Å². The van der Waals surface area contributed by atoms with Crippen LogP contribution in [-0.2, 0) is 0 Å². The molecule has 106 valence electrons. The minimum atomic E-state index is 0.374. The van der Waals surface area contributed by atoms with Crippen molar-refractivity contribution in [3.05, 3.63) is 40.4 Å². The molecule has 0 spiro atoms. The van der Waals surface area contributed by atoms with E-state index in [4.69, 9.17) is 4.74 Å². The SMILES string of the molecule is C=C(C)CCC(NCCC)c1ccc(OC)c(Br)c1. The maximum atomic E-state index is 5.28. The molecule has 0 aliphatic carbocycles. The Bertz CT molecular complexity index is 417. The van der Waals surface area contributed by atoms with Crippen molar-refractivity contribution in [1.82, 2.24) is 5.32 Å². The smallest absolute Gasteiger partial charge is 0.133 e. The average molecular weight is 326 g/mol. The van der Waals surface area contributed by atoms with Crippen molar-refractivity contribution >= 4 is 15.9 Å². The first-order valence-electron chi connectivity index (χ1n) is 6.79. The molecule has 2 nitrogen and oxygen atoms in total. The van der Waals surface area contributed by atoms with Crippen LogP contribution in [0.5, 0.6) is 5.75 Å². The van der Waals surface area contributed by atoms with Crippen molar-refractivity contribution in [2.24, 2.45) is 0 Å². The van der Waals surface area contributed by atoms with Gasteiger partial charge in [-0.05, 0) is 66.4 Å². The lowest BCUT2D eigenvalue weighted by atomic mass is 9.99. The van der Waals surface area contributed by atoms with E-state index in [1.807, 2.05) is 6.07 Å². The third-order valence-electron chi connectivity index (χ3n) is 3.08. The lowest BCUT2D eigenvalue weighted by Gasteiger charge is -2.20. The second kappa shape index (κ2) is 8.39. The van der Waals surface area contributed by atoms with E-state index in [1.165, 1.54) is 11.1 Å². The molecule has 0 saturated carbocycles. The molecular formula is C16H24BrNO. The molecular weight excluding hydrogens is 302 g/mol. The summed E-state index contributed by atoms with van der Waals surface area (Å²) in [6.07, 6.45) is 3.26. The summed E-state index contributed by atoms with van der Waals surface area (Å²) in [5.41, 5.74) is 2.53. The highest BCUT2D eigenvalue weighted by Crippen LogP contribution is 2.30. The fraction of sp³-hybridized carbons (Fsp3) is 0.500. The number of hydrogen-bond donors (Lipinski definition) is 1. The molecule has 1 unspecified atom stereocenters. The van der Waals surface area contributed by atoms with Crippen LogP contribution in [-0.4, -0.2) is 13.7 Å². The summed E-state index contributed by atoms with van der Waals surface area (Å²) >= 11 is 3.55. The van der Waals surface area contributed by atoms with Gasteiger partial charge in [-0.3, -0.25) is 0 Å². The summed E-state index contributed by atoms with van der Waals surface area (Å²) in [7, 11) is 1.69. The van der Waals surface area contributed by atoms with Crippen LogP contribution in [0.15, 0.2) is 34.8 Å². The van der Waals surface area contributed by atoms with Crippen LogP contribution in [0.25, 0.3) is 0 Å². The summed E-state index contributed by atoms with van der Waals surface area (Å²) in [5.74, 6) is 0.873. The van der Waals surface area contributed by atoms with Crippen LogP contribution >= 0.6 is 15.9 Å². The number of hydrogen-bond acceptors (Lipinski definition) is 2. The fourth-order valence-electron chi connectivity index (χ4n) is 2.00. The maximum Gasteiger partial charge on any atom is 0.133 e. The molecule has 0 bridgehead atoms. The van der Waals surface area contributed by atoms with E-state index >= 15 is 0 Å². The number of nitrogens with one attached hydrogen (secondary N) is 1. The maximum absolute atomic E-state index is 5.28. The molecule has 0 aliphatic rings. The minimum absolute atomic E-state index is 0.374. The van der Waals surface area contributed by atoms with Gasteiger partial charge >= 0.3 is 0 Å². The largest absolute Gasteiger partial charge is 0.496 e. The van der Waals surface area contributed by atoms with Crippen LogP contribution < -0.4 is 10.1 Å². The van der Waals surface area contributed by atoms with E-state index in [0.717, 1.165) is 36.0 Å². The van der Waals surface area contributed by atoms with Gasteiger partial charge < -0.3 is 10.1 Å². The lowest BCUT2D eigenvalue weighted by molar-refractivity contribution is 0.411. The normalized spacial score (nSPS) is 12.2. The zero-order valence-corrected chi connectivity index (χ0v) is 13.7. The zero-order chi connectivity index (χ0) is 14.3. The second-order valence-corrected chi connectivity index (χ2v) is 5.75. The highest BCUT2D eigenvalue weighted by Gasteiger charge is 2.12. The van der Waals surface area contributed by atoms with Gasteiger partial charge in [0.1, 0.15) is 5.75 Å². The van der Waals surface area contributed by atoms with E-state index < -0.39 is 0 Å². The molecule has 0 heterocycles. The Morgan fingerprint density at radius 2 is 2.21 bits per heavy atom. The predicted molar refractivity (Wildman–Crippen MR) is 85.8 cm³/mol. The first-order chi connectivity index (χ1) is 9.08. The standard InChI is InChI=1S/C16H24BrNO/c1-5-10-18-15(8-6-12(2)3)13-7-9-16(19-4)14(17)11-13/h7,9,11,15,18H,2,5-6,8,10H2,1,3-4H3. The summed E-state index contributed by atoms with van der Waals surface area (Å²) in [5, 5.41) is 3.60. The van der Waals surface area contributed by atoms with E-state index in [0.29, 0.717) is 6.04 Å². The number of methoxy groups -OCH3 is 1. The first kappa shape index (κ1) is 16.3. The van der Waals surface area contributed by atoms with Gasteiger partial charge in [0, 0.05) is 6.04 Å². The van der Waals surface area contributed by atoms with Crippen molar-refractivity contribution in [2.45, 2.75) is 39.2 Å². The molecule has 1 N–H and O–H groups in total. The molecule has 0 saturated heterocycles. The van der Waals surface area contributed by atoms with Gasteiger partial charge in [0.2, 0.25) is 0 Å². The molecule has 3 heteroatoms. The number of rotatable bonds is 8. The van der Waals surface area contributed by atoms with Crippen LogP contribution in [0.3, 0.4) is 0 Å². The second-order valence-electron chi connectivity index (χ2n) is 4.90. The van der Waals surface area contributed by atoms with Crippen LogP contribution in [0.4, 0.5) is 0 Å². The summed E-state index contributed by atoms with van der Waals surface area (Å²) in [6, 6.07) is 6.67. The van der Waals surface area contributed by atoms with Gasteiger partial charge in [-0.25, -0.2) is 0 Å². The summed E-state index contributed by atoms with van der Waals surface area (Å²) in [4.78, 5) is 0. The predicted octanol–water partition coefficient (Wildman–Crippen LogP) is 4.85. The fourth-order valence-corrected chi connectivity index (χ4v) is 2.55. The summed E-state index contributed by atoms with van der Waals surface area (Å²) < 4.78 is 6.28. The highest BCUT2D eigenvalue weighted by atomic mass is 79.9. The monoisotopic (exact) mass is 325 g/mol. The molecule has 0 aromatic heterocycles. The molecule has 1 aromatic rings. The molecule has 0 radical (unpaired) electrons.